The summed E-state index contributed by atoms with van der Waals surface area (Å²) in [5.74, 6) is 0.465. The number of benzene rings is 1. The molecule has 1 fully saturated rings. The molecule has 0 atom stereocenters. The third-order valence-electron chi connectivity index (χ3n) is 5.92. The molecule has 8 heteroatoms. The summed E-state index contributed by atoms with van der Waals surface area (Å²) in [4.78, 5) is 40.0. The molecule has 30 heavy (non-hydrogen) atoms. The first kappa shape index (κ1) is 20.4. The summed E-state index contributed by atoms with van der Waals surface area (Å²) < 4.78 is 16.2. The molecule has 4 rings (SSSR count). The maximum atomic E-state index is 12.6. The highest BCUT2D eigenvalue weighted by Gasteiger charge is 2.25. The first-order valence-electron chi connectivity index (χ1n) is 10.3. The number of carbonyl (C=O) groups excluding carboxylic acids is 2. The fourth-order valence-electron chi connectivity index (χ4n) is 4.20. The summed E-state index contributed by atoms with van der Waals surface area (Å²) in [5.41, 5.74) is 1.85. The van der Waals surface area contributed by atoms with Gasteiger partial charge in [-0.2, -0.15) is 0 Å². The van der Waals surface area contributed by atoms with Gasteiger partial charge in [0, 0.05) is 38.0 Å². The Bertz CT molecular complexity index is 1040. The third-order valence-corrected chi connectivity index (χ3v) is 5.92. The van der Waals surface area contributed by atoms with Gasteiger partial charge in [0.25, 0.3) is 0 Å². The van der Waals surface area contributed by atoms with E-state index in [4.69, 9.17) is 13.9 Å². The maximum absolute atomic E-state index is 12.6. The molecule has 2 aliphatic heterocycles. The van der Waals surface area contributed by atoms with E-state index >= 15 is 0 Å². The molecule has 1 amide bonds. The van der Waals surface area contributed by atoms with E-state index in [1.807, 2.05) is 24.0 Å². The Hall–Kier alpha value is -2.87. The van der Waals surface area contributed by atoms with Crippen LogP contribution in [0.5, 0.6) is 5.75 Å². The van der Waals surface area contributed by atoms with Gasteiger partial charge in [0.2, 0.25) is 5.91 Å². The maximum Gasteiger partial charge on any atom is 0.340 e. The molecule has 0 unspecified atom stereocenters. The first-order chi connectivity index (χ1) is 14.5. The van der Waals surface area contributed by atoms with Crippen molar-refractivity contribution in [2.24, 2.45) is 0 Å². The topological polar surface area (TPSA) is 89.3 Å². The molecular formula is C22H26N2O6. The van der Waals surface area contributed by atoms with Gasteiger partial charge in [0.15, 0.2) is 0 Å². The lowest BCUT2D eigenvalue weighted by Gasteiger charge is -2.30. The van der Waals surface area contributed by atoms with Crippen LogP contribution >= 0.6 is 0 Å². The molecule has 0 aliphatic carbocycles. The van der Waals surface area contributed by atoms with Crippen LogP contribution in [-0.4, -0.2) is 55.2 Å². The number of hydrogen-bond acceptors (Lipinski definition) is 7. The van der Waals surface area contributed by atoms with Crippen LogP contribution in [0.3, 0.4) is 0 Å². The fraction of sp³-hybridized carbons (Fsp3) is 0.500. The minimum Gasteiger partial charge on any atom is -0.478 e. The van der Waals surface area contributed by atoms with E-state index in [-0.39, 0.29) is 12.3 Å². The predicted octanol–water partition coefficient (Wildman–Crippen LogP) is 1.98. The molecular weight excluding hydrogens is 388 g/mol. The quantitative estimate of drug-likeness (QED) is 0.527. The number of amides is 1. The van der Waals surface area contributed by atoms with E-state index in [1.54, 1.807) is 0 Å². The average Bonchev–Trinajstić information content (AvgIpc) is 3.15. The van der Waals surface area contributed by atoms with Gasteiger partial charge in [0.1, 0.15) is 18.1 Å². The number of likely N-dealkylation sites (tertiary alicyclic amines) is 1. The summed E-state index contributed by atoms with van der Waals surface area (Å²) in [6.07, 6.45) is 2.35. The highest BCUT2D eigenvalue weighted by molar-refractivity contribution is 5.87. The summed E-state index contributed by atoms with van der Waals surface area (Å²) in [5, 5.41) is 0.792. The Kier molecular flexibility index (Phi) is 5.76. The van der Waals surface area contributed by atoms with Crippen molar-refractivity contribution >= 4 is 22.8 Å². The lowest BCUT2D eigenvalue weighted by Crippen LogP contribution is -2.35. The van der Waals surface area contributed by atoms with E-state index < -0.39 is 11.6 Å². The molecule has 3 heterocycles. The molecule has 1 saturated heterocycles. The summed E-state index contributed by atoms with van der Waals surface area (Å²) >= 11 is 0. The van der Waals surface area contributed by atoms with Crippen molar-refractivity contribution in [3.63, 3.8) is 0 Å². The number of rotatable bonds is 6. The molecule has 2 aliphatic rings. The predicted molar refractivity (Wildman–Crippen MR) is 109 cm³/mol. The largest absolute Gasteiger partial charge is 0.478 e. The van der Waals surface area contributed by atoms with Crippen molar-refractivity contribution in [3.8, 4) is 5.75 Å². The Morgan fingerprint density at radius 3 is 2.80 bits per heavy atom. The number of ether oxygens (including phenoxy) is 2. The minimum atomic E-state index is -0.525. The number of esters is 1. The molecule has 160 valence electrons. The fourth-order valence-corrected chi connectivity index (χ4v) is 4.20. The highest BCUT2D eigenvalue weighted by Crippen LogP contribution is 2.33. The van der Waals surface area contributed by atoms with Crippen molar-refractivity contribution in [1.82, 2.24) is 9.80 Å². The monoisotopic (exact) mass is 414 g/mol. The van der Waals surface area contributed by atoms with Gasteiger partial charge in [-0.3, -0.25) is 14.5 Å². The van der Waals surface area contributed by atoms with Crippen molar-refractivity contribution < 1.29 is 23.5 Å². The number of fused-ring (bicyclic) bond motifs is 3. The summed E-state index contributed by atoms with van der Waals surface area (Å²) in [6.45, 7) is 5.25. The molecule has 2 aromatic rings. The van der Waals surface area contributed by atoms with Gasteiger partial charge in [-0.1, -0.05) is 0 Å². The van der Waals surface area contributed by atoms with Crippen molar-refractivity contribution in [2.75, 3.05) is 33.5 Å². The van der Waals surface area contributed by atoms with Gasteiger partial charge in [-0.15, -0.1) is 0 Å². The average molecular weight is 414 g/mol. The summed E-state index contributed by atoms with van der Waals surface area (Å²) in [6, 6.07) is 3.74. The van der Waals surface area contributed by atoms with Gasteiger partial charge in [0.05, 0.1) is 24.7 Å². The lowest BCUT2D eigenvalue weighted by atomic mass is 10.0. The molecule has 0 spiro atoms. The number of methoxy groups -OCH3 is 1. The van der Waals surface area contributed by atoms with Crippen LogP contribution in [0, 0.1) is 6.92 Å². The molecule has 0 bridgehead atoms. The van der Waals surface area contributed by atoms with Crippen LogP contribution in [0.2, 0.25) is 0 Å². The number of nitrogens with zero attached hydrogens (tertiary/aromatic N) is 2. The second-order valence-corrected chi connectivity index (χ2v) is 7.83. The zero-order valence-electron chi connectivity index (χ0n) is 17.4. The Balaban J connectivity index is 1.54. The van der Waals surface area contributed by atoms with Crippen LogP contribution < -0.4 is 10.4 Å². The van der Waals surface area contributed by atoms with Gasteiger partial charge in [-0.05, 0) is 37.5 Å². The van der Waals surface area contributed by atoms with Crippen molar-refractivity contribution in [2.45, 2.75) is 39.2 Å². The van der Waals surface area contributed by atoms with E-state index in [0.717, 1.165) is 49.0 Å². The third kappa shape index (κ3) is 3.92. The van der Waals surface area contributed by atoms with Crippen molar-refractivity contribution in [1.29, 1.82) is 0 Å². The Labute approximate surface area is 174 Å². The number of carbonyl (C=O) groups is 2. The standard InChI is InChI=1S/C22H26N2O6/c1-14-15-6-7-18-17(21(15)30-22(27)16(14)11-20(26)28-2)12-23(13-29-18)8-4-10-24-9-3-5-19(24)25/h6-7H,3-5,8-13H2,1-2H3. The van der Waals surface area contributed by atoms with Gasteiger partial charge >= 0.3 is 11.6 Å². The Morgan fingerprint density at radius 2 is 2.07 bits per heavy atom. The molecule has 0 radical (unpaired) electrons. The number of hydrogen-bond donors (Lipinski definition) is 0. The smallest absolute Gasteiger partial charge is 0.340 e. The normalized spacial score (nSPS) is 16.6. The first-order valence-corrected chi connectivity index (χ1v) is 10.3. The highest BCUT2D eigenvalue weighted by atomic mass is 16.5. The molecule has 1 aromatic heterocycles. The molecule has 0 N–H and O–H groups in total. The second-order valence-electron chi connectivity index (χ2n) is 7.83. The Morgan fingerprint density at radius 1 is 1.23 bits per heavy atom. The van der Waals surface area contributed by atoms with Crippen molar-refractivity contribution in [3.05, 3.63) is 39.2 Å². The molecule has 0 saturated carbocycles. The van der Waals surface area contributed by atoms with Gasteiger partial charge in [-0.25, -0.2) is 4.79 Å². The van der Waals surface area contributed by atoms with Gasteiger partial charge < -0.3 is 18.8 Å². The van der Waals surface area contributed by atoms with E-state index in [0.29, 0.717) is 36.6 Å². The van der Waals surface area contributed by atoms with E-state index in [9.17, 15) is 14.4 Å². The molecule has 8 nitrogen and oxygen atoms in total. The molecule has 1 aromatic carbocycles. The van der Waals surface area contributed by atoms with Crippen LogP contribution in [-0.2, 0) is 27.3 Å². The zero-order valence-corrected chi connectivity index (χ0v) is 17.4. The van der Waals surface area contributed by atoms with Crippen LogP contribution in [0.15, 0.2) is 21.3 Å². The second kappa shape index (κ2) is 8.47. The van der Waals surface area contributed by atoms with E-state index in [2.05, 4.69) is 4.90 Å². The number of aryl methyl sites for hydroxylation is 1. The van der Waals surface area contributed by atoms with Crippen LogP contribution in [0.4, 0.5) is 0 Å². The van der Waals surface area contributed by atoms with Crippen LogP contribution in [0.1, 0.15) is 36.0 Å². The SMILES string of the molecule is COC(=O)Cc1c(C)c2ccc3c(c2oc1=O)CN(CCCN1CCCC1=O)CO3. The zero-order chi connectivity index (χ0) is 21.3. The lowest BCUT2D eigenvalue weighted by molar-refractivity contribution is -0.139. The summed E-state index contributed by atoms with van der Waals surface area (Å²) in [7, 11) is 1.29. The minimum absolute atomic E-state index is 0.116. The van der Waals surface area contributed by atoms with E-state index in [1.165, 1.54) is 7.11 Å². The van der Waals surface area contributed by atoms with Crippen LogP contribution in [0.25, 0.3) is 11.0 Å².